The maximum atomic E-state index is 13.3. The SMILES string of the molecule is COc1cccc(OC)c1-c1cc(C(=O)NC(CC(=O)NCC(N)=O)CC(C)C)nn1C(C)C(C)C. The lowest BCUT2D eigenvalue weighted by molar-refractivity contribution is -0.125. The fourth-order valence-electron chi connectivity index (χ4n) is 3.89. The zero-order valence-corrected chi connectivity index (χ0v) is 22.3. The number of methoxy groups -OCH3 is 2. The number of nitrogens with two attached hydrogens (primary N) is 1. The molecule has 0 bridgehead atoms. The summed E-state index contributed by atoms with van der Waals surface area (Å²) in [7, 11) is 3.16. The average Bonchev–Trinajstić information content (AvgIpc) is 3.26. The summed E-state index contributed by atoms with van der Waals surface area (Å²) in [4.78, 5) is 36.6. The Balaban J connectivity index is 2.44. The van der Waals surface area contributed by atoms with E-state index in [0.29, 0.717) is 29.2 Å². The summed E-state index contributed by atoms with van der Waals surface area (Å²) in [5.74, 6) is 0.279. The molecular weight excluding hydrogens is 462 g/mol. The largest absolute Gasteiger partial charge is 0.496 e. The van der Waals surface area contributed by atoms with Crippen molar-refractivity contribution in [2.45, 2.75) is 59.5 Å². The minimum absolute atomic E-state index is 0.0213. The lowest BCUT2D eigenvalue weighted by Crippen LogP contribution is -2.41. The summed E-state index contributed by atoms with van der Waals surface area (Å²) in [5.41, 5.74) is 6.72. The Bertz CT molecular complexity index is 1040. The number of carbonyl (C=O) groups is 3. The van der Waals surface area contributed by atoms with Crippen LogP contribution in [0, 0.1) is 11.8 Å². The van der Waals surface area contributed by atoms with Gasteiger partial charge in [0.25, 0.3) is 5.91 Å². The molecule has 2 atom stereocenters. The van der Waals surface area contributed by atoms with E-state index < -0.39 is 17.9 Å². The Kier molecular flexibility index (Phi) is 10.3. The number of rotatable bonds is 13. The summed E-state index contributed by atoms with van der Waals surface area (Å²) in [5, 5.41) is 10.1. The van der Waals surface area contributed by atoms with E-state index in [2.05, 4.69) is 29.6 Å². The minimum atomic E-state index is -0.628. The van der Waals surface area contributed by atoms with Crippen LogP contribution in [0.3, 0.4) is 0 Å². The molecule has 0 aliphatic heterocycles. The van der Waals surface area contributed by atoms with Crippen LogP contribution in [0.15, 0.2) is 24.3 Å². The molecule has 1 aromatic heterocycles. The standard InChI is InChI=1S/C26H39N5O5/c1-15(2)11-18(12-24(33)28-14-23(27)32)29-26(34)19-13-20(31(30-19)17(5)16(3)4)25-21(35-6)9-8-10-22(25)36-7/h8-10,13,15-18H,11-12,14H2,1-7H3,(H2,27,32)(H,28,33)(H,29,34). The number of amides is 3. The molecule has 4 N–H and O–H groups in total. The van der Waals surface area contributed by atoms with Crippen molar-refractivity contribution in [1.82, 2.24) is 20.4 Å². The number of aromatic nitrogens is 2. The Hall–Kier alpha value is -3.56. The third-order valence-electron chi connectivity index (χ3n) is 5.99. The van der Waals surface area contributed by atoms with E-state index in [0.717, 1.165) is 0 Å². The van der Waals surface area contributed by atoms with Crippen LogP contribution < -0.4 is 25.8 Å². The van der Waals surface area contributed by atoms with Gasteiger partial charge in [0, 0.05) is 12.5 Å². The van der Waals surface area contributed by atoms with E-state index in [-0.39, 0.29) is 42.4 Å². The lowest BCUT2D eigenvalue weighted by Gasteiger charge is -2.21. The molecule has 0 saturated carbocycles. The molecule has 2 unspecified atom stereocenters. The zero-order chi connectivity index (χ0) is 27.0. The number of nitrogens with zero attached hydrogens (tertiary/aromatic N) is 2. The summed E-state index contributed by atoms with van der Waals surface area (Å²) in [6, 6.07) is 6.75. The van der Waals surface area contributed by atoms with E-state index in [1.54, 1.807) is 20.3 Å². The van der Waals surface area contributed by atoms with Crippen molar-refractivity contribution in [1.29, 1.82) is 0 Å². The number of hydrogen-bond donors (Lipinski definition) is 3. The van der Waals surface area contributed by atoms with Gasteiger partial charge in [-0.15, -0.1) is 0 Å². The summed E-state index contributed by atoms with van der Waals surface area (Å²) in [6.45, 7) is 9.96. The van der Waals surface area contributed by atoms with Gasteiger partial charge in [0.15, 0.2) is 5.69 Å². The molecule has 0 radical (unpaired) electrons. The topological polar surface area (TPSA) is 138 Å². The van der Waals surface area contributed by atoms with Crippen LogP contribution in [0.4, 0.5) is 0 Å². The van der Waals surface area contributed by atoms with Crippen molar-refractivity contribution in [2.24, 2.45) is 17.6 Å². The second kappa shape index (κ2) is 12.9. The van der Waals surface area contributed by atoms with Crippen LogP contribution in [0.5, 0.6) is 11.5 Å². The van der Waals surface area contributed by atoms with Crippen LogP contribution in [-0.4, -0.2) is 54.3 Å². The number of primary amides is 1. The average molecular weight is 502 g/mol. The normalized spacial score (nSPS) is 12.8. The Morgan fingerprint density at radius 2 is 1.67 bits per heavy atom. The van der Waals surface area contributed by atoms with Gasteiger partial charge >= 0.3 is 0 Å². The van der Waals surface area contributed by atoms with Gasteiger partial charge in [-0.25, -0.2) is 0 Å². The number of hydrogen-bond acceptors (Lipinski definition) is 6. The maximum absolute atomic E-state index is 13.3. The molecule has 198 valence electrons. The molecule has 1 aromatic carbocycles. The molecule has 0 saturated heterocycles. The van der Waals surface area contributed by atoms with Gasteiger partial charge in [0.1, 0.15) is 11.5 Å². The van der Waals surface area contributed by atoms with Crippen LogP contribution in [0.1, 0.15) is 64.0 Å². The number of nitrogens with one attached hydrogen (secondary N) is 2. The fourth-order valence-corrected chi connectivity index (χ4v) is 3.89. The smallest absolute Gasteiger partial charge is 0.272 e. The molecule has 36 heavy (non-hydrogen) atoms. The molecule has 0 fully saturated rings. The summed E-state index contributed by atoms with van der Waals surface area (Å²) >= 11 is 0. The highest BCUT2D eigenvalue weighted by Gasteiger charge is 2.26. The molecule has 10 heteroatoms. The Morgan fingerprint density at radius 3 is 2.17 bits per heavy atom. The van der Waals surface area contributed by atoms with Gasteiger partial charge in [0.05, 0.1) is 38.1 Å². The van der Waals surface area contributed by atoms with Gasteiger partial charge in [-0.2, -0.15) is 5.10 Å². The summed E-state index contributed by atoms with van der Waals surface area (Å²) in [6.07, 6.45) is 0.597. The lowest BCUT2D eigenvalue weighted by atomic mass is 10.0. The van der Waals surface area contributed by atoms with Crippen molar-refractivity contribution in [2.75, 3.05) is 20.8 Å². The van der Waals surface area contributed by atoms with Crippen molar-refractivity contribution in [3.8, 4) is 22.8 Å². The highest BCUT2D eigenvalue weighted by Crippen LogP contribution is 2.40. The van der Waals surface area contributed by atoms with E-state index in [1.807, 2.05) is 43.7 Å². The predicted molar refractivity (Wildman–Crippen MR) is 138 cm³/mol. The molecule has 2 aromatic rings. The van der Waals surface area contributed by atoms with Crippen molar-refractivity contribution >= 4 is 17.7 Å². The van der Waals surface area contributed by atoms with Gasteiger partial charge in [-0.3, -0.25) is 19.1 Å². The minimum Gasteiger partial charge on any atom is -0.496 e. The van der Waals surface area contributed by atoms with Gasteiger partial charge < -0.3 is 25.8 Å². The van der Waals surface area contributed by atoms with Crippen molar-refractivity contribution < 1.29 is 23.9 Å². The third kappa shape index (κ3) is 7.47. The highest BCUT2D eigenvalue weighted by molar-refractivity contribution is 5.94. The van der Waals surface area contributed by atoms with E-state index in [1.165, 1.54) is 0 Å². The zero-order valence-electron chi connectivity index (χ0n) is 22.3. The van der Waals surface area contributed by atoms with E-state index in [9.17, 15) is 14.4 Å². The molecule has 0 aliphatic rings. The fraction of sp³-hybridized carbons (Fsp3) is 0.538. The van der Waals surface area contributed by atoms with Crippen LogP contribution in [0.2, 0.25) is 0 Å². The monoisotopic (exact) mass is 501 g/mol. The second-order valence-corrected chi connectivity index (χ2v) is 9.63. The molecule has 3 amide bonds. The predicted octanol–water partition coefficient (Wildman–Crippen LogP) is 2.92. The first kappa shape index (κ1) is 28.7. The quantitative estimate of drug-likeness (QED) is 0.386. The van der Waals surface area contributed by atoms with Crippen LogP contribution >= 0.6 is 0 Å². The molecule has 10 nitrogen and oxygen atoms in total. The molecule has 0 spiro atoms. The van der Waals surface area contributed by atoms with Gasteiger partial charge in [-0.05, 0) is 43.4 Å². The molecule has 0 aliphatic carbocycles. The number of ether oxygens (including phenoxy) is 2. The highest BCUT2D eigenvalue weighted by atomic mass is 16.5. The maximum Gasteiger partial charge on any atom is 0.272 e. The Morgan fingerprint density at radius 1 is 1.06 bits per heavy atom. The van der Waals surface area contributed by atoms with Gasteiger partial charge in [0.2, 0.25) is 11.8 Å². The van der Waals surface area contributed by atoms with Crippen LogP contribution in [-0.2, 0) is 9.59 Å². The first-order chi connectivity index (χ1) is 17.0. The van der Waals surface area contributed by atoms with Crippen molar-refractivity contribution in [3.63, 3.8) is 0 Å². The molecule has 1 heterocycles. The van der Waals surface area contributed by atoms with Gasteiger partial charge in [-0.1, -0.05) is 33.8 Å². The number of benzene rings is 1. The number of carbonyl (C=O) groups excluding carboxylic acids is 3. The summed E-state index contributed by atoms with van der Waals surface area (Å²) < 4.78 is 13.0. The molecule has 2 rings (SSSR count). The third-order valence-corrected chi connectivity index (χ3v) is 5.99. The Labute approximate surface area is 212 Å². The van der Waals surface area contributed by atoms with E-state index in [4.69, 9.17) is 15.2 Å². The van der Waals surface area contributed by atoms with Crippen molar-refractivity contribution in [3.05, 3.63) is 30.0 Å². The first-order valence-corrected chi connectivity index (χ1v) is 12.1. The van der Waals surface area contributed by atoms with E-state index >= 15 is 0 Å². The first-order valence-electron chi connectivity index (χ1n) is 12.1. The second-order valence-electron chi connectivity index (χ2n) is 9.63. The molecular formula is C26H39N5O5. The van der Waals surface area contributed by atoms with Crippen LogP contribution in [0.25, 0.3) is 11.3 Å².